The third-order valence-electron chi connectivity index (χ3n) is 5.19. The van der Waals surface area contributed by atoms with Crippen molar-refractivity contribution in [1.82, 2.24) is 9.55 Å². The molecule has 0 radical (unpaired) electrons. The molecule has 3 aromatic rings. The molecular weight excluding hydrogens is 442 g/mol. The van der Waals surface area contributed by atoms with Crippen molar-refractivity contribution >= 4 is 27.8 Å². The van der Waals surface area contributed by atoms with E-state index in [1.54, 1.807) is 31.5 Å². The minimum absolute atomic E-state index is 0.0114. The van der Waals surface area contributed by atoms with Gasteiger partial charge in [0.2, 0.25) is 0 Å². The number of aryl methyl sites for hydroxylation is 3. The van der Waals surface area contributed by atoms with Crippen molar-refractivity contribution in [2.24, 2.45) is 18.7 Å². The predicted molar refractivity (Wildman–Crippen MR) is 145 cm³/mol. The van der Waals surface area contributed by atoms with Crippen molar-refractivity contribution in [3.63, 3.8) is 0 Å². The first-order valence-electron chi connectivity index (χ1n) is 12.3. The normalized spacial score (nSPS) is 10.9. The number of aromatic nitrogens is 2. The second-order valence-corrected chi connectivity index (χ2v) is 9.74. The average molecular weight is 486 g/mol. The number of benzene rings is 1. The Morgan fingerprint density at radius 2 is 1.77 bits per heavy atom. The summed E-state index contributed by atoms with van der Waals surface area (Å²) in [5, 5.41) is 2.72. The molecule has 194 valence electrons. The number of fused-ring (bicyclic) bond motifs is 3. The van der Waals surface area contributed by atoms with Crippen LogP contribution in [-0.4, -0.2) is 27.9 Å². The molecule has 35 heavy (non-hydrogen) atoms. The van der Waals surface area contributed by atoms with Crippen LogP contribution in [0.15, 0.2) is 29.2 Å². The third kappa shape index (κ3) is 8.57. The highest BCUT2D eigenvalue weighted by Gasteiger charge is 2.14. The van der Waals surface area contributed by atoms with Gasteiger partial charge in [-0.15, -0.1) is 0 Å². The van der Waals surface area contributed by atoms with Crippen LogP contribution in [0.25, 0.3) is 21.7 Å². The first-order chi connectivity index (χ1) is 16.3. The van der Waals surface area contributed by atoms with Crippen LogP contribution in [0.5, 0.6) is 5.75 Å². The van der Waals surface area contributed by atoms with Crippen LogP contribution in [0.4, 0.5) is 4.79 Å². The molecule has 2 N–H and O–H groups in total. The van der Waals surface area contributed by atoms with Gasteiger partial charge in [0.15, 0.2) is 0 Å². The van der Waals surface area contributed by atoms with Crippen LogP contribution in [0.1, 0.15) is 72.6 Å². The molecule has 0 bridgehead atoms. The summed E-state index contributed by atoms with van der Waals surface area (Å²) in [6, 6.07) is 6.04. The number of carbonyl (C=O) groups is 1. The number of carbonyl (C=O) groups excluding carboxylic acids is 1. The number of hydrogen-bond acceptors (Lipinski definition) is 5. The van der Waals surface area contributed by atoms with Crippen molar-refractivity contribution in [2.45, 2.75) is 80.8 Å². The Bertz CT molecular complexity index is 1190. The summed E-state index contributed by atoms with van der Waals surface area (Å²) < 4.78 is 12.3. The van der Waals surface area contributed by atoms with E-state index in [-0.39, 0.29) is 5.56 Å². The maximum atomic E-state index is 12.8. The van der Waals surface area contributed by atoms with Crippen molar-refractivity contribution in [3.8, 4) is 5.75 Å². The topological polar surface area (TPSA) is 96.4 Å². The standard InChI is InChI=1S/C21H26N2O2.C5H11NO2.C2H6/c1-13(2)7-6-10-25-19-12-18-17(11-14(19)3)16-8-9-22-15(4)20(16)21(24)23(18)5;1-5(2,3)8-4(6)7;1-2/h8-9,11-13H,6-7,10H2,1-5H3;1-3H3,(H2,6,7);1-2H3. The molecule has 1 amide bonds. The summed E-state index contributed by atoms with van der Waals surface area (Å²) in [5.41, 5.74) is 7.01. The Kier molecular flexibility index (Phi) is 11.2. The van der Waals surface area contributed by atoms with Gasteiger partial charge in [0.05, 0.1) is 23.2 Å². The lowest BCUT2D eigenvalue weighted by atomic mass is 10.0. The van der Waals surface area contributed by atoms with E-state index in [0.717, 1.165) is 46.1 Å². The molecule has 1 aromatic carbocycles. The van der Waals surface area contributed by atoms with Gasteiger partial charge in [0, 0.05) is 24.7 Å². The fourth-order valence-corrected chi connectivity index (χ4v) is 3.64. The van der Waals surface area contributed by atoms with Crippen molar-refractivity contribution < 1.29 is 14.3 Å². The predicted octanol–water partition coefficient (Wildman–Crippen LogP) is 6.42. The summed E-state index contributed by atoms with van der Waals surface area (Å²) >= 11 is 0. The van der Waals surface area contributed by atoms with Crippen LogP contribution in [0.2, 0.25) is 0 Å². The van der Waals surface area contributed by atoms with E-state index in [1.807, 2.05) is 40.0 Å². The number of pyridine rings is 2. The lowest BCUT2D eigenvalue weighted by molar-refractivity contribution is 0.0600. The van der Waals surface area contributed by atoms with E-state index < -0.39 is 11.7 Å². The number of hydrogen-bond donors (Lipinski definition) is 1. The maximum Gasteiger partial charge on any atom is 0.405 e. The second-order valence-electron chi connectivity index (χ2n) is 9.74. The highest BCUT2D eigenvalue weighted by Crippen LogP contribution is 2.30. The molecule has 2 heterocycles. The fourth-order valence-electron chi connectivity index (χ4n) is 3.64. The summed E-state index contributed by atoms with van der Waals surface area (Å²) in [6.45, 7) is 18.4. The molecule has 0 aliphatic rings. The third-order valence-corrected chi connectivity index (χ3v) is 5.19. The largest absolute Gasteiger partial charge is 0.493 e. The Labute approximate surface area is 209 Å². The Morgan fingerprint density at radius 3 is 2.29 bits per heavy atom. The molecule has 2 aromatic heterocycles. The monoisotopic (exact) mass is 485 g/mol. The first kappa shape index (κ1) is 29.9. The summed E-state index contributed by atoms with van der Waals surface area (Å²) in [5.74, 6) is 1.54. The lowest BCUT2D eigenvalue weighted by Gasteiger charge is -2.16. The van der Waals surface area contributed by atoms with Gasteiger partial charge < -0.3 is 19.8 Å². The average Bonchev–Trinajstić information content (AvgIpc) is 2.75. The Balaban J connectivity index is 0.000000523. The van der Waals surface area contributed by atoms with Crippen molar-refractivity contribution in [3.05, 3.63) is 46.0 Å². The van der Waals surface area contributed by atoms with Gasteiger partial charge in [0.1, 0.15) is 11.4 Å². The Morgan fingerprint density at radius 1 is 1.14 bits per heavy atom. The molecule has 0 unspecified atom stereocenters. The molecule has 0 aliphatic heterocycles. The van der Waals surface area contributed by atoms with Gasteiger partial charge in [-0.3, -0.25) is 9.78 Å². The van der Waals surface area contributed by atoms with Gasteiger partial charge in [0.25, 0.3) is 5.56 Å². The van der Waals surface area contributed by atoms with Crippen molar-refractivity contribution in [1.29, 1.82) is 0 Å². The summed E-state index contributed by atoms with van der Waals surface area (Å²) in [4.78, 5) is 27.1. The molecule has 0 fully saturated rings. The molecule has 0 spiro atoms. The lowest BCUT2D eigenvalue weighted by Crippen LogP contribution is -2.27. The maximum absolute atomic E-state index is 12.8. The summed E-state index contributed by atoms with van der Waals surface area (Å²) in [7, 11) is 1.81. The smallest absolute Gasteiger partial charge is 0.405 e. The van der Waals surface area contributed by atoms with E-state index in [1.165, 1.54) is 0 Å². The molecule has 0 saturated carbocycles. The molecule has 7 heteroatoms. The van der Waals surface area contributed by atoms with Crippen LogP contribution in [0, 0.1) is 19.8 Å². The van der Waals surface area contributed by atoms with E-state index in [2.05, 4.69) is 36.6 Å². The van der Waals surface area contributed by atoms with Crippen LogP contribution < -0.4 is 16.0 Å². The van der Waals surface area contributed by atoms with Crippen molar-refractivity contribution in [2.75, 3.05) is 6.61 Å². The molecule has 3 rings (SSSR count). The number of amides is 1. The van der Waals surface area contributed by atoms with Gasteiger partial charge in [-0.25, -0.2) is 4.79 Å². The minimum atomic E-state index is -0.725. The number of primary amides is 1. The SMILES string of the molecule is CC.CC(C)(C)OC(N)=O.Cc1cc2c3ccnc(C)c3c(=O)n(C)c2cc1OCCCC(C)C. The van der Waals surface area contributed by atoms with E-state index in [4.69, 9.17) is 10.5 Å². The second kappa shape index (κ2) is 13.1. The highest BCUT2D eigenvalue weighted by atomic mass is 16.6. The molecule has 0 atom stereocenters. The molecule has 0 saturated heterocycles. The zero-order valence-corrected chi connectivity index (χ0v) is 23.1. The van der Waals surface area contributed by atoms with Gasteiger partial charge in [-0.2, -0.15) is 0 Å². The van der Waals surface area contributed by atoms with E-state index in [9.17, 15) is 9.59 Å². The Hall–Kier alpha value is -3.09. The molecular formula is C28H43N3O4. The van der Waals surface area contributed by atoms with Gasteiger partial charge in [-0.1, -0.05) is 27.7 Å². The van der Waals surface area contributed by atoms with E-state index >= 15 is 0 Å². The summed E-state index contributed by atoms with van der Waals surface area (Å²) in [6.07, 6.45) is 3.23. The highest BCUT2D eigenvalue weighted by molar-refractivity contribution is 6.06. The van der Waals surface area contributed by atoms with Crippen LogP contribution in [0.3, 0.4) is 0 Å². The first-order valence-corrected chi connectivity index (χ1v) is 12.3. The number of ether oxygens (including phenoxy) is 2. The van der Waals surface area contributed by atoms with Gasteiger partial charge in [-0.05, 0) is 76.5 Å². The number of rotatable bonds is 5. The zero-order valence-electron chi connectivity index (χ0n) is 23.1. The quantitative estimate of drug-likeness (QED) is 0.332. The molecule has 0 aliphatic carbocycles. The number of nitrogens with zero attached hydrogens (tertiary/aromatic N) is 2. The fraction of sp³-hybridized carbons (Fsp3) is 0.536. The van der Waals surface area contributed by atoms with Crippen LogP contribution >= 0.6 is 0 Å². The number of nitrogens with two attached hydrogens (primary N) is 1. The minimum Gasteiger partial charge on any atom is -0.493 e. The molecule has 7 nitrogen and oxygen atoms in total. The van der Waals surface area contributed by atoms with Crippen LogP contribution in [-0.2, 0) is 11.8 Å². The zero-order chi connectivity index (χ0) is 26.9. The van der Waals surface area contributed by atoms with E-state index in [0.29, 0.717) is 17.9 Å². The van der Waals surface area contributed by atoms with Gasteiger partial charge >= 0.3 is 6.09 Å².